The molecule has 5 heteroatoms. The van der Waals surface area contributed by atoms with Gasteiger partial charge in [0.15, 0.2) is 0 Å². The molecule has 2 aliphatic carbocycles. The largest absolute Gasteiger partial charge is 0.462 e. The molecule has 0 spiro atoms. The van der Waals surface area contributed by atoms with Crippen LogP contribution in [0.25, 0.3) is 0 Å². The molecule has 0 amide bonds. The topological polar surface area (TPSA) is 72.8 Å². The van der Waals surface area contributed by atoms with Gasteiger partial charge in [-0.25, -0.2) is 0 Å². The summed E-state index contributed by atoms with van der Waals surface area (Å²) in [6, 6.07) is 9.56. The maximum Gasteiger partial charge on any atom is 0.313 e. The monoisotopic (exact) mass is 356 g/mol. The third-order valence-corrected chi connectivity index (χ3v) is 6.05. The fourth-order valence-corrected chi connectivity index (χ4v) is 4.84. The standard InChI is InChI=1S/C21H24O5/c1-12-18-16(20(23)26-12)10-15-14(8-5-9-17(15)22)19(18)21(24)25-11-13-6-3-2-4-7-13/h2-4,6-7,10,12,14,16-19,22H,5,8-9,11H2,1H3/t12-,14-,16-,17-,18-,19+/m1/s1. The van der Waals surface area contributed by atoms with Crippen LogP contribution in [0.5, 0.6) is 0 Å². The Morgan fingerprint density at radius 1 is 1.27 bits per heavy atom. The summed E-state index contributed by atoms with van der Waals surface area (Å²) in [5.41, 5.74) is 1.75. The van der Waals surface area contributed by atoms with Crippen molar-refractivity contribution in [2.24, 2.45) is 23.7 Å². The Hall–Kier alpha value is -2.14. The van der Waals surface area contributed by atoms with E-state index in [1.807, 2.05) is 43.3 Å². The average Bonchev–Trinajstić information content (AvgIpc) is 2.93. The Kier molecular flexibility index (Phi) is 4.57. The zero-order valence-corrected chi connectivity index (χ0v) is 14.8. The van der Waals surface area contributed by atoms with Crippen LogP contribution >= 0.6 is 0 Å². The van der Waals surface area contributed by atoms with Crippen molar-refractivity contribution in [1.29, 1.82) is 0 Å². The van der Waals surface area contributed by atoms with Crippen LogP contribution in [-0.4, -0.2) is 29.3 Å². The van der Waals surface area contributed by atoms with Crippen LogP contribution in [0.1, 0.15) is 31.7 Å². The van der Waals surface area contributed by atoms with Crippen molar-refractivity contribution in [2.75, 3.05) is 0 Å². The van der Waals surface area contributed by atoms with Crippen molar-refractivity contribution in [3.05, 3.63) is 47.5 Å². The number of hydrogen-bond donors (Lipinski definition) is 1. The molecule has 1 aliphatic heterocycles. The molecule has 0 bridgehead atoms. The summed E-state index contributed by atoms with van der Waals surface area (Å²) in [5.74, 6) is -1.78. The Balaban J connectivity index is 1.60. The lowest BCUT2D eigenvalue weighted by Crippen LogP contribution is -2.45. The van der Waals surface area contributed by atoms with E-state index < -0.39 is 17.9 Å². The number of rotatable bonds is 3. The summed E-state index contributed by atoms with van der Waals surface area (Å²) in [5, 5.41) is 10.4. The van der Waals surface area contributed by atoms with Gasteiger partial charge in [-0.15, -0.1) is 0 Å². The smallest absolute Gasteiger partial charge is 0.313 e. The maximum atomic E-state index is 13.0. The van der Waals surface area contributed by atoms with Gasteiger partial charge in [0.25, 0.3) is 0 Å². The molecule has 1 N–H and O–H groups in total. The first kappa shape index (κ1) is 17.3. The van der Waals surface area contributed by atoms with Gasteiger partial charge in [-0.1, -0.05) is 36.4 Å². The molecular formula is C21H24O5. The summed E-state index contributed by atoms with van der Waals surface area (Å²) >= 11 is 0. The van der Waals surface area contributed by atoms with E-state index in [2.05, 4.69) is 0 Å². The third-order valence-electron chi connectivity index (χ3n) is 6.05. The molecule has 1 saturated heterocycles. The molecule has 6 atom stereocenters. The summed E-state index contributed by atoms with van der Waals surface area (Å²) in [6.07, 6.45) is 3.34. The predicted molar refractivity (Wildman–Crippen MR) is 93.7 cm³/mol. The van der Waals surface area contributed by atoms with Crippen molar-refractivity contribution >= 4 is 11.9 Å². The van der Waals surface area contributed by atoms with E-state index >= 15 is 0 Å². The van der Waals surface area contributed by atoms with Crippen molar-refractivity contribution in [3.8, 4) is 0 Å². The number of carbonyl (C=O) groups excluding carboxylic acids is 2. The van der Waals surface area contributed by atoms with Crippen molar-refractivity contribution in [1.82, 2.24) is 0 Å². The van der Waals surface area contributed by atoms with Gasteiger partial charge in [0.05, 0.1) is 17.9 Å². The molecule has 1 saturated carbocycles. The molecule has 26 heavy (non-hydrogen) atoms. The highest BCUT2D eigenvalue weighted by atomic mass is 16.6. The average molecular weight is 356 g/mol. The van der Waals surface area contributed by atoms with Crippen molar-refractivity contribution < 1.29 is 24.2 Å². The van der Waals surface area contributed by atoms with E-state index in [1.54, 1.807) is 0 Å². The quantitative estimate of drug-likeness (QED) is 0.666. The molecular weight excluding hydrogens is 332 g/mol. The Morgan fingerprint density at radius 3 is 2.81 bits per heavy atom. The Bertz CT molecular complexity index is 725. The van der Waals surface area contributed by atoms with Gasteiger partial charge >= 0.3 is 11.9 Å². The first-order valence-corrected chi connectivity index (χ1v) is 9.37. The SMILES string of the molecule is C[C@H]1OC(=O)[C@@H]2C=C3[C@H](O)CCC[C@H]3[C@H](C(=O)OCc3ccccc3)[C@H]12. The molecule has 5 nitrogen and oxygen atoms in total. The first-order valence-electron chi connectivity index (χ1n) is 9.37. The summed E-state index contributed by atoms with van der Waals surface area (Å²) in [4.78, 5) is 25.3. The second kappa shape index (κ2) is 6.88. The van der Waals surface area contributed by atoms with Crippen LogP contribution < -0.4 is 0 Å². The van der Waals surface area contributed by atoms with Crippen LogP contribution in [0.2, 0.25) is 0 Å². The van der Waals surface area contributed by atoms with Crippen molar-refractivity contribution in [2.45, 2.75) is 45.0 Å². The minimum atomic E-state index is -0.581. The van der Waals surface area contributed by atoms with Gasteiger partial charge in [0.2, 0.25) is 0 Å². The summed E-state index contributed by atoms with van der Waals surface area (Å²) in [6.45, 7) is 2.06. The van der Waals surface area contributed by atoms with Crippen LogP contribution in [0.3, 0.4) is 0 Å². The van der Waals surface area contributed by atoms with Gasteiger partial charge in [0, 0.05) is 5.92 Å². The number of hydrogen-bond acceptors (Lipinski definition) is 5. The predicted octanol–water partition coefficient (Wildman–Crippen LogP) is 2.62. The highest BCUT2D eigenvalue weighted by Crippen LogP contribution is 2.50. The van der Waals surface area contributed by atoms with E-state index in [0.29, 0.717) is 6.42 Å². The van der Waals surface area contributed by atoms with E-state index in [-0.39, 0.29) is 36.5 Å². The lowest BCUT2D eigenvalue weighted by Gasteiger charge is -2.41. The van der Waals surface area contributed by atoms with Gasteiger partial charge < -0.3 is 14.6 Å². The molecule has 1 aromatic carbocycles. The van der Waals surface area contributed by atoms with Gasteiger partial charge in [0.1, 0.15) is 12.7 Å². The number of esters is 2. The normalized spacial score (nSPS) is 35.8. The number of fused-ring (bicyclic) bond motifs is 2. The summed E-state index contributed by atoms with van der Waals surface area (Å²) in [7, 11) is 0. The minimum absolute atomic E-state index is 0.0692. The zero-order chi connectivity index (χ0) is 18.3. The number of carbonyl (C=O) groups is 2. The Labute approximate surface area is 153 Å². The van der Waals surface area contributed by atoms with E-state index in [0.717, 1.165) is 24.0 Å². The van der Waals surface area contributed by atoms with Gasteiger partial charge in [-0.05, 0) is 43.2 Å². The summed E-state index contributed by atoms with van der Waals surface area (Å²) < 4.78 is 11.0. The molecule has 4 rings (SSSR count). The number of cyclic esters (lactones) is 1. The van der Waals surface area contributed by atoms with Crippen LogP contribution in [0, 0.1) is 23.7 Å². The highest BCUT2D eigenvalue weighted by Gasteiger charge is 2.55. The number of ether oxygens (including phenoxy) is 2. The van der Waals surface area contributed by atoms with Crippen LogP contribution in [-0.2, 0) is 25.7 Å². The van der Waals surface area contributed by atoms with Crippen LogP contribution in [0.15, 0.2) is 42.0 Å². The third kappa shape index (κ3) is 2.94. The fraction of sp³-hybridized carbons (Fsp3) is 0.524. The molecule has 3 aliphatic rings. The molecule has 138 valence electrons. The molecule has 0 unspecified atom stereocenters. The molecule has 0 aromatic heterocycles. The second-order valence-electron chi connectivity index (χ2n) is 7.58. The molecule has 1 aromatic rings. The second-order valence-corrected chi connectivity index (χ2v) is 7.58. The number of aliphatic hydroxyl groups excluding tert-OH is 1. The van der Waals surface area contributed by atoms with E-state index in [4.69, 9.17) is 9.47 Å². The zero-order valence-electron chi connectivity index (χ0n) is 14.8. The maximum absolute atomic E-state index is 13.0. The lowest BCUT2D eigenvalue weighted by molar-refractivity contribution is -0.156. The van der Waals surface area contributed by atoms with Crippen LogP contribution in [0.4, 0.5) is 0 Å². The number of benzene rings is 1. The minimum Gasteiger partial charge on any atom is -0.462 e. The van der Waals surface area contributed by atoms with Gasteiger partial charge in [-0.2, -0.15) is 0 Å². The van der Waals surface area contributed by atoms with E-state index in [1.165, 1.54) is 0 Å². The molecule has 1 heterocycles. The molecule has 0 radical (unpaired) electrons. The van der Waals surface area contributed by atoms with Gasteiger partial charge in [-0.3, -0.25) is 9.59 Å². The Morgan fingerprint density at radius 2 is 2.04 bits per heavy atom. The number of aliphatic hydroxyl groups is 1. The lowest BCUT2D eigenvalue weighted by atomic mass is 9.62. The molecule has 2 fully saturated rings. The fourth-order valence-electron chi connectivity index (χ4n) is 4.84. The van der Waals surface area contributed by atoms with E-state index in [9.17, 15) is 14.7 Å². The first-order chi connectivity index (χ1) is 12.6. The van der Waals surface area contributed by atoms with Crippen molar-refractivity contribution in [3.63, 3.8) is 0 Å². The highest BCUT2D eigenvalue weighted by molar-refractivity contribution is 5.82.